The van der Waals surface area contributed by atoms with E-state index in [1.165, 1.54) is 9.80 Å². The maximum absolute atomic E-state index is 14.1. The summed E-state index contributed by atoms with van der Waals surface area (Å²) in [6.07, 6.45) is 4.65. The van der Waals surface area contributed by atoms with Crippen LogP contribution in [-0.2, 0) is 51.1 Å². The zero-order valence-electron chi connectivity index (χ0n) is 50.6. The molecule has 4 aromatic rings. The Morgan fingerprint density at radius 1 is 0.524 bits per heavy atom. The first kappa shape index (κ1) is 65.3. The van der Waals surface area contributed by atoms with Gasteiger partial charge in [0.05, 0.1) is 41.5 Å². The van der Waals surface area contributed by atoms with Crippen molar-refractivity contribution in [3.63, 3.8) is 0 Å². The number of nitrogens with one attached hydrogen (secondary N) is 2. The quantitative estimate of drug-likeness (QED) is 0.0282. The molecule has 2 aliphatic heterocycles. The molecule has 84 heavy (non-hydrogen) atoms. The van der Waals surface area contributed by atoms with E-state index in [9.17, 15) is 33.6 Å². The van der Waals surface area contributed by atoms with Crippen LogP contribution < -0.4 is 39.1 Å². The van der Waals surface area contributed by atoms with Crippen LogP contribution in [0.1, 0.15) is 140 Å². The van der Waals surface area contributed by atoms with E-state index in [2.05, 4.69) is 10.6 Å². The van der Waals surface area contributed by atoms with Crippen LogP contribution in [0.5, 0.6) is 34.5 Å². The summed E-state index contributed by atoms with van der Waals surface area (Å²) >= 11 is 0. The van der Waals surface area contributed by atoms with Crippen LogP contribution >= 0.6 is 0 Å². The van der Waals surface area contributed by atoms with Gasteiger partial charge in [-0.1, -0.05) is 77.9 Å². The Kier molecular flexibility index (Phi) is 24.2. The summed E-state index contributed by atoms with van der Waals surface area (Å²) in [5.74, 6) is -0.327. The summed E-state index contributed by atoms with van der Waals surface area (Å²) < 4.78 is 46.7. The number of hydrogen-bond acceptors (Lipinski definition) is 15. The number of rotatable bonds is 30. The molecule has 0 spiro atoms. The van der Waals surface area contributed by atoms with E-state index in [1.54, 1.807) is 92.5 Å². The highest BCUT2D eigenvalue weighted by molar-refractivity contribution is 6.38. The van der Waals surface area contributed by atoms with Crippen LogP contribution in [0.4, 0.5) is 4.79 Å². The molecule has 2 unspecified atom stereocenters. The molecule has 6 rings (SSSR count). The van der Waals surface area contributed by atoms with Gasteiger partial charge in [-0.25, -0.2) is 14.4 Å². The third-order valence-corrected chi connectivity index (χ3v) is 16.0. The van der Waals surface area contributed by atoms with Crippen LogP contribution in [0.2, 0.25) is 0 Å². The Labute approximate surface area is 494 Å². The van der Waals surface area contributed by atoms with E-state index in [0.717, 1.165) is 11.1 Å². The van der Waals surface area contributed by atoms with Gasteiger partial charge in [0, 0.05) is 23.9 Å². The van der Waals surface area contributed by atoms with Crippen molar-refractivity contribution in [2.24, 2.45) is 10.8 Å². The van der Waals surface area contributed by atoms with Crippen LogP contribution in [0.3, 0.4) is 0 Å². The van der Waals surface area contributed by atoms with Crippen molar-refractivity contribution in [2.75, 3.05) is 67.8 Å². The van der Waals surface area contributed by atoms with Crippen molar-refractivity contribution in [3.05, 3.63) is 107 Å². The van der Waals surface area contributed by atoms with Gasteiger partial charge in [0.2, 0.25) is 11.6 Å². The first-order chi connectivity index (χ1) is 40.3. The van der Waals surface area contributed by atoms with Gasteiger partial charge in [-0.3, -0.25) is 19.2 Å². The zero-order valence-corrected chi connectivity index (χ0v) is 50.6. The molecule has 2 heterocycles. The van der Waals surface area contributed by atoms with E-state index < -0.39 is 76.5 Å². The van der Waals surface area contributed by atoms with Crippen molar-refractivity contribution in [3.8, 4) is 34.5 Å². The summed E-state index contributed by atoms with van der Waals surface area (Å²) in [5.41, 5.74) is 1.41. The lowest BCUT2D eigenvalue weighted by atomic mass is 9.84. The topological polar surface area (TPSA) is 224 Å². The van der Waals surface area contributed by atoms with Gasteiger partial charge >= 0.3 is 18.0 Å². The number of benzene rings is 4. The van der Waals surface area contributed by atoms with E-state index in [1.807, 2.05) is 62.4 Å². The number of carbonyl (C=O) groups excluding carboxylic acids is 7. The molecule has 2 saturated heterocycles. The largest absolute Gasteiger partial charge is 0.493 e. The predicted molar refractivity (Wildman–Crippen MR) is 316 cm³/mol. The molecule has 0 saturated carbocycles. The lowest BCUT2D eigenvalue weighted by molar-refractivity contribution is -0.165. The number of urea groups is 1. The average molecular weight is 1160 g/mol. The highest BCUT2D eigenvalue weighted by Gasteiger charge is 2.43. The third-order valence-electron chi connectivity index (χ3n) is 16.0. The van der Waals surface area contributed by atoms with E-state index >= 15 is 0 Å². The highest BCUT2D eigenvalue weighted by Crippen LogP contribution is 2.36. The molecule has 4 atom stereocenters. The summed E-state index contributed by atoms with van der Waals surface area (Å²) in [6.45, 7) is 11.7. The lowest BCUT2D eigenvalue weighted by Gasteiger charge is -2.36. The number of methoxy groups -OCH3 is 4. The number of esters is 2. The molecule has 456 valence electrons. The maximum atomic E-state index is 14.1. The Morgan fingerprint density at radius 3 is 1.29 bits per heavy atom. The van der Waals surface area contributed by atoms with Crippen LogP contribution in [-0.4, -0.2) is 131 Å². The molecular formula is C65H86N4O15. The molecule has 0 radical (unpaired) electrons. The number of Topliss-reactive ketones (excluding diaryl/α,β-unsaturated/α-hetero) is 2. The van der Waals surface area contributed by atoms with Gasteiger partial charge in [0.25, 0.3) is 11.8 Å². The van der Waals surface area contributed by atoms with Gasteiger partial charge in [-0.2, -0.15) is 0 Å². The van der Waals surface area contributed by atoms with E-state index in [0.29, 0.717) is 123 Å². The molecule has 0 bridgehead atoms. The minimum absolute atomic E-state index is 0.111. The number of ether oxygens (including phenoxy) is 8. The van der Waals surface area contributed by atoms with Crippen LogP contribution in [0.25, 0.3) is 0 Å². The normalized spacial score (nSPS) is 16.0. The number of likely N-dealkylation sites (tertiary alicyclic amines) is 2. The van der Waals surface area contributed by atoms with Gasteiger partial charge in [0.1, 0.15) is 49.0 Å². The lowest BCUT2D eigenvalue weighted by Crippen LogP contribution is -2.53. The highest BCUT2D eigenvalue weighted by atomic mass is 16.6. The number of amides is 4. The fraction of sp³-hybridized carbons (Fsp3) is 0.523. The van der Waals surface area contributed by atoms with Crippen molar-refractivity contribution >= 4 is 41.4 Å². The first-order valence-corrected chi connectivity index (χ1v) is 29.3. The van der Waals surface area contributed by atoms with Crippen LogP contribution in [0.15, 0.2) is 84.9 Å². The Hall–Kier alpha value is -7.83. The molecular weight excluding hydrogens is 1080 g/mol. The minimum atomic E-state index is -0.914. The fourth-order valence-electron chi connectivity index (χ4n) is 10.0. The molecule has 2 aliphatic rings. The summed E-state index contributed by atoms with van der Waals surface area (Å²) in [6, 6.07) is 23.3. The first-order valence-electron chi connectivity index (χ1n) is 29.3. The van der Waals surface area contributed by atoms with Gasteiger partial charge in [0.15, 0.2) is 23.0 Å². The second-order valence-electron chi connectivity index (χ2n) is 22.5. The van der Waals surface area contributed by atoms with E-state index in [4.69, 9.17) is 37.9 Å². The zero-order chi connectivity index (χ0) is 61.0. The number of nitrogens with zero attached hydrogens (tertiary/aromatic N) is 2. The van der Waals surface area contributed by atoms with Crippen molar-refractivity contribution in [1.82, 2.24) is 20.4 Å². The smallest absolute Gasteiger partial charge is 0.329 e. The number of hydrogen-bond donors (Lipinski definition) is 2. The monoisotopic (exact) mass is 1160 g/mol. The van der Waals surface area contributed by atoms with E-state index in [-0.39, 0.29) is 39.4 Å². The maximum Gasteiger partial charge on any atom is 0.329 e. The summed E-state index contributed by atoms with van der Waals surface area (Å²) in [4.78, 5) is 97.9. The SMILES string of the molecule is CCC(C)(C)C(=O)C(=O)N1CCCCC1C(=O)O[C@H](CCc1ccc(OC)c(OC)c1)c1cccc(OCCNC(=O)NCCOc2cccc(C(CCc3ccc(OC)c(OC)c3)OC(=O)[C@@H]3CCCCN3C(=O)C(=O)C(C)(C)CC)c2)c1. The molecule has 19 heteroatoms. The second kappa shape index (κ2) is 31.2. The van der Waals surface area contributed by atoms with Crippen molar-refractivity contribution < 1.29 is 71.5 Å². The molecule has 2 fully saturated rings. The van der Waals surface area contributed by atoms with Crippen molar-refractivity contribution in [1.29, 1.82) is 0 Å². The third kappa shape index (κ3) is 17.6. The molecule has 4 aromatic carbocycles. The number of aryl methyl sites for hydroxylation is 2. The molecule has 0 aromatic heterocycles. The van der Waals surface area contributed by atoms with Gasteiger partial charge in [-0.15, -0.1) is 0 Å². The number of piperidine rings is 2. The number of carbonyl (C=O) groups is 7. The fourth-order valence-corrected chi connectivity index (χ4v) is 10.0. The Bertz CT molecular complexity index is 2710. The van der Waals surface area contributed by atoms with Gasteiger partial charge < -0.3 is 58.3 Å². The second-order valence-corrected chi connectivity index (χ2v) is 22.5. The molecule has 19 nitrogen and oxygen atoms in total. The Morgan fingerprint density at radius 2 is 0.917 bits per heavy atom. The summed E-state index contributed by atoms with van der Waals surface area (Å²) in [5, 5.41) is 5.59. The van der Waals surface area contributed by atoms with Crippen LogP contribution in [0, 0.1) is 10.8 Å². The predicted octanol–water partition coefficient (Wildman–Crippen LogP) is 9.68. The minimum Gasteiger partial charge on any atom is -0.493 e. The standard InChI is InChI=1S/C65H86N4O15/c1-11-64(3,4)57(70)59(72)68-35-15-13-23-49(68)61(74)83-51(29-25-43-27-31-53(77-7)55(39-43)79-9)45-19-17-21-47(41-45)81-37-33-66-63(76)67-34-38-82-48-22-18-20-46(42-48)52(30-26-44-28-32-54(78-8)56(40-44)80-10)84-62(75)50-24-14-16-36-69(50)60(73)58(71)65(5,6)12-2/h17-22,27-28,31-32,39-42,49-52H,11-16,23-26,29-30,33-38H2,1-10H3,(H2,66,67,76)/t49-,50?,51?,52+/m0/s1. The summed E-state index contributed by atoms with van der Waals surface area (Å²) in [7, 11) is 6.25. The molecule has 2 N–H and O–H groups in total. The van der Waals surface area contributed by atoms with Crippen molar-refractivity contribution in [2.45, 2.75) is 143 Å². The van der Waals surface area contributed by atoms with Gasteiger partial charge in [-0.05, 0) is 148 Å². The average Bonchev–Trinajstić information content (AvgIpc) is 3.08. The number of ketones is 2. The Balaban J connectivity index is 1.05. The molecule has 4 amide bonds. The molecule has 0 aliphatic carbocycles.